The molecule has 0 amide bonds. The van der Waals surface area contributed by atoms with Crippen LogP contribution >= 0.6 is 0 Å². The van der Waals surface area contributed by atoms with E-state index in [2.05, 4.69) is 6.07 Å². The number of nitriles is 1. The summed E-state index contributed by atoms with van der Waals surface area (Å²) in [5.74, 6) is -0.203. The standard InChI is InChI=1S/C20H15N3O3/c1-23-15-5-3-2-4-13(15)18-17(20(23)25)16(14(10-21)19(22)26-18)11-6-8-12(24)9-7-11/h2-9,16,24H,22H2,1H3. The maximum absolute atomic E-state index is 13.1. The van der Waals surface area contributed by atoms with Crippen LogP contribution in [-0.2, 0) is 7.05 Å². The van der Waals surface area contributed by atoms with Crippen LogP contribution in [0.2, 0.25) is 0 Å². The number of allylic oxidation sites excluding steroid dienone is 1. The van der Waals surface area contributed by atoms with Crippen LogP contribution in [-0.4, -0.2) is 9.67 Å². The van der Waals surface area contributed by atoms with Gasteiger partial charge in [-0.3, -0.25) is 4.79 Å². The molecule has 26 heavy (non-hydrogen) atoms. The molecule has 2 aromatic carbocycles. The molecule has 4 rings (SSSR count). The quantitative estimate of drug-likeness (QED) is 0.705. The summed E-state index contributed by atoms with van der Waals surface area (Å²) in [6, 6.07) is 15.8. The minimum atomic E-state index is -0.660. The normalized spacial score (nSPS) is 16.1. The van der Waals surface area contributed by atoms with E-state index in [9.17, 15) is 15.2 Å². The summed E-state index contributed by atoms with van der Waals surface area (Å²) in [7, 11) is 1.69. The number of rotatable bonds is 1. The van der Waals surface area contributed by atoms with Crippen LogP contribution in [0.3, 0.4) is 0 Å². The summed E-state index contributed by atoms with van der Waals surface area (Å²) < 4.78 is 7.28. The number of fused-ring (bicyclic) bond motifs is 3. The first-order valence-electron chi connectivity index (χ1n) is 8.01. The van der Waals surface area contributed by atoms with Crippen LogP contribution in [0.15, 0.2) is 64.8 Å². The van der Waals surface area contributed by atoms with Crippen LogP contribution in [0, 0.1) is 11.3 Å². The van der Waals surface area contributed by atoms with E-state index >= 15 is 0 Å². The Labute approximate surface area is 149 Å². The lowest BCUT2D eigenvalue weighted by Gasteiger charge is -2.27. The van der Waals surface area contributed by atoms with Gasteiger partial charge < -0.3 is 20.1 Å². The van der Waals surface area contributed by atoms with Crippen molar-refractivity contribution in [1.29, 1.82) is 5.26 Å². The Morgan fingerprint density at radius 3 is 2.58 bits per heavy atom. The molecule has 3 aromatic rings. The minimum absolute atomic E-state index is 0.0171. The molecule has 1 aliphatic heterocycles. The number of hydrogen-bond acceptors (Lipinski definition) is 5. The second kappa shape index (κ2) is 5.67. The Morgan fingerprint density at radius 1 is 1.19 bits per heavy atom. The third kappa shape index (κ3) is 2.15. The highest BCUT2D eigenvalue weighted by atomic mass is 16.5. The first kappa shape index (κ1) is 15.8. The van der Waals surface area contributed by atoms with Crippen molar-refractivity contribution >= 4 is 10.9 Å². The van der Waals surface area contributed by atoms with Crippen molar-refractivity contribution in [2.24, 2.45) is 12.8 Å². The van der Waals surface area contributed by atoms with Gasteiger partial charge in [0, 0.05) is 12.4 Å². The second-order valence-electron chi connectivity index (χ2n) is 6.14. The summed E-state index contributed by atoms with van der Waals surface area (Å²) in [5, 5.41) is 19.9. The number of pyridine rings is 1. The fourth-order valence-electron chi connectivity index (χ4n) is 3.43. The van der Waals surface area contributed by atoms with Crippen LogP contribution in [0.1, 0.15) is 17.0 Å². The van der Waals surface area contributed by atoms with Crippen molar-refractivity contribution in [3.8, 4) is 17.6 Å². The molecular formula is C20H15N3O3. The lowest BCUT2D eigenvalue weighted by atomic mass is 9.83. The SMILES string of the molecule is Cn1c(=O)c2c(c3ccccc31)OC(N)=C(C#N)C2c1ccc(O)cc1. The average molecular weight is 345 g/mol. The van der Waals surface area contributed by atoms with E-state index in [1.54, 1.807) is 23.7 Å². The van der Waals surface area contributed by atoms with Gasteiger partial charge in [0.2, 0.25) is 5.88 Å². The predicted molar refractivity (Wildman–Crippen MR) is 96.6 cm³/mol. The highest BCUT2D eigenvalue weighted by Gasteiger charge is 2.35. The van der Waals surface area contributed by atoms with E-state index < -0.39 is 5.92 Å². The van der Waals surface area contributed by atoms with Crippen molar-refractivity contribution in [2.45, 2.75) is 5.92 Å². The molecule has 0 aliphatic carbocycles. The Balaban J connectivity index is 2.12. The Kier molecular flexibility index (Phi) is 3.44. The van der Waals surface area contributed by atoms with Crippen molar-refractivity contribution in [3.63, 3.8) is 0 Å². The molecule has 1 atom stereocenters. The summed E-state index contributed by atoms with van der Waals surface area (Å²) in [4.78, 5) is 13.1. The fraction of sp³-hybridized carbons (Fsp3) is 0.100. The number of phenolic OH excluding ortho intramolecular Hbond substituents is 1. The smallest absolute Gasteiger partial charge is 0.258 e. The van der Waals surface area contributed by atoms with Crippen LogP contribution in [0.4, 0.5) is 0 Å². The topological polar surface area (TPSA) is 101 Å². The number of aromatic nitrogens is 1. The van der Waals surface area contributed by atoms with Gasteiger partial charge in [0.15, 0.2) is 0 Å². The van der Waals surface area contributed by atoms with Gasteiger partial charge in [-0.25, -0.2) is 0 Å². The van der Waals surface area contributed by atoms with Gasteiger partial charge in [0.1, 0.15) is 23.1 Å². The third-order valence-corrected chi connectivity index (χ3v) is 4.69. The summed E-state index contributed by atoms with van der Waals surface area (Å²) in [6.45, 7) is 0. The molecule has 0 radical (unpaired) electrons. The van der Waals surface area contributed by atoms with Crippen molar-refractivity contribution in [3.05, 3.63) is 81.5 Å². The number of nitrogens with two attached hydrogens (primary N) is 1. The van der Waals surface area contributed by atoms with Gasteiger partial charge in [-0.15, -0.1) is 0 Å². The molecule has 1 aromatic heterocycles. The number of benzene rings is 2. The van der Waals surface area contributed by atoms with Gasteiger partial charge in [-0.1, -0.05) is 24.3 Å². The van der Waals surface area contributed by atoms with E-state index in [1.807, 2.05) is 24.3 Å². The van der Waals surface area contributed by atoms with Crippen molar-refractivity contribution in [2.75, 3.05) is 0 Å². The first-order chi connectivity index (χ1) is 12.5. The van der Waals surface area contributed by atoms with E-state index in [0.29, 0.717) is 22.4 Å². The van der Waals surface area contributed by atoms with Crippen LogP contribution in [0.25, 0.3) is 10.9 Å². The zero-order valence-electron chi connectivity index (χ0n) is 13.9. The monoisotopic (exact) mass is 345 g/mol. The van der Waals surface area contributed by atoms with E-state index in [4.69, 9.17) is 10.5 Å². The molecule has 6 nitrogen and oxygen atoms in total. The molecular weight excluding hydrogens is 330 g/mol. The number of ether oxygens (including phenoxy) is 1. The average Bonchev–Trinajstić information content (AvgIpc) is 2.66. The summed E-state index contributed by atoms with van der Waals surface area (Å²) >= 11 is 0. The van der Waals surface area contributed by atoms with Gasteiger partial charge in [-0.05, 0) is 29.8 Å². The van der Waals surface area contributed by atoms with Gasteiger partial charge in [0.25, 0.3) is 5.56 Å². The largest absolute Gasteiger partial charge is 0.508 e. The lowest BCUT2D eigenvalue weighted by molar-refractivity contribution is 0.396. The molecule has 0 spiro atoms. The summed E-state index contributed by atoms with van der Waals surface area (Å²) in [5.41, 5.74) is 7.70. The Morgan fingerprint density at radius 2 is 1.88 bits per heavy atom. The van der Waals surface area contributed by atoms with E-state index in [1.165, 1.54) is 12.1 Å². The maximum Gasteiger partial charge on any atom is 0.258 e. The number of hydrogen-bond donors (Lipinski definition) is 2. The molecule has 3 N–H and O–H groups in total. The number of phenols is 1. The highest BCUT2D eigenvalue weighted by Crippen LogP contribution is 2.43. The Hall–Kier alpha value is -3.72. The van der Waals surface area contributed by atoms with Crippen molar-refractivity contribution < 1.29 is 9.84 Å². The van der Waals surface area contributed by atoms with E-state index in [0.717, 1.165) is 5.39 Å². The van der Waals surface area contributed by atoms with Gasteiger partial charge in [-0.2, -0.15) is 5.26 Å². The highest BCUT2D eigenvalue weighted by molar-refractivity contribution is 5.88. The van der Waals surface area contributed by atoms with Crippen molar-refractivity contribution in [1.82, 2.24) is 4.57 Å². The molecule has 6 heteroatoms. The van der Waals surface area contributed by atoms with Gasteiger partial charge >= 0.3 is 0 Å². The first-order valence-corrected chi connectivity index (χ1v) is 8.01. The molecule has 0 saturated heterocycles. The predicted octanol–water partition coefficient (Wildman–Crippen LogP) is 2.46. The minimum Gasteiger partial charge on any atom is -0.508 e. The molecule has 0 bridgehead atoms. The molecule has 1 aliphatic rings. The number of aryl methyl sites for hydroxylation is 1. The molecule has 1 unspecified atom stereocenters. The summed E-state index contributed by atoms with van der Waals surface area (Å²) in [6.07, 6.45) is 0. The van der Waals surface area contributed by atoms with E-state index in [-0.39, 0.29) is 22.8 Å². The lowest BCUT2D eigenvalue weighted by Crippen LogP contribution is -2.31. The van der Waals surface area contributed by atoms with Crippen LogP contribution < -0.4 is 16.0 Å². The fourth-order valence-corrected chi connectivity index (χ4v) is 3.43. The third-order valence-electron chi connectivity index (χ3n) is 4.69. The number of aromatic hydroxyl groups is 1. The molecule has 2 heterocycles. The molecule has 0 fully saturated rings. The molecule has 0 saturated carbocycles. The van der Waals surface area contributed by atoms with Crippen LogP contribution in [0.5, 0.6) is 11.5 Å². The Bertz CT molecular complexity index is 1170. The molecule has 128 valence electrons. The number of nitrogens with zero attached hydrogens (tertiary/aromatic N) is 2. The van der Waals surface area contributed by atoms with Gasteiger partial charge in [0.05, 0.1) is 17.0 Å². The number of para-hydroxylation sites is 1. The second-order valence-corrected chi connectivity index (χ2v) is 6.14. The zero-order chi connectivity index (χ0) is 18.4. The zero-order valence-corrected chi connectivity index (χ0v) is 13.9. The maximum atomic E-state index is 13.1.